The quantitative estimate of drug-likeness (QED) is 0.391. The fourth-order valence-corrected chi connectivity index (χ4v) is 0.0577. The smallest absolute Gasteiger partial charge is 0.0466 e. The first-order valence-corrected chi connectivity index (χ1v) is 1.38. The summed E-state index contributed by atoms with van der Waals surface area (Å²) in [5.74, 6) is 0. The van der Waals surface area contributed by atoms with Gasteiger partial charge in [-0.2, -0.15) is 10.3 Å². The van der Waals surface area contributed by atoms with Gasteiger partial charge >= 0.3 is 0 Å². The summed E-state index contributed by atoms with van der Waals surface area (Å²) >= 11 is 0. The molecule has 0 saturated heterocycles. The van der Waals surface area contributed by atoms with Gasteiger partial charge in [0.25, 0.3) is 0 Å². The number of hydrogen-bond donors (Lipinski definition) is 1. The zero-order valence-corrected chi connectivity index (χ0v) is 3.33. The Balaban J connectivity index is 3.21. The summed E-state index contributed by atoms with van der Waals surface area (Å²) in [4.78, 5) is 0. The topological polar surface area (TPSA) is 35.8 Å². The van der Waals surface area contributed by atoms with E-state index in [2.05, 4.69) is 18.4 Å². The minimum atomic E-state index is 0.528. The summed E-state index contributed by atoms with van der Waals surface area (Å²) in [6.07, 6.45) is 1.13. The van der Waals surface area contributed by atoms with Crippen molar-refractivity contribution in [2.24, 2.45) is 5.10 Å². The van der Waals surface area contributed by atoms with Crippen LogP contribution in [0.1, 0.15) is 0 Å². The second kappa shape index (κ2) is 2.41. The van der Waals surface area contributed by atoms with Crippen LogP contribution in [0.4, 0.5) is 0 Å². The van der Waals surface area contributed by atoms with Crippen molar-refractivity contribution in [2.75, 3.05) is 0 Å². The number of hydroxylamine groups is 1. The van der Waals surface area contributed by atoms with E-state index in [1.807, 2.05) is 0 Å². The molecule has 0 bridgehead atoms. The Labute approximate surface area is 36.2 Å². The maximum Gasteiger partial charge on any atom is 0.0466 e. The zero-order valence-electron chi connectivity index (χ0n) is 3.33. The lowest BCUT2D eigenvalue weighted by Gasteiger charge is -1.96. The average molecular weight is 86.1 g/mol. The van der Waals surface area contributed by atoms with Gasteiger partial charge in [-0.1, -0.05) is 6.58 Å². The van der Waals surface area contributed by atoms with Crippen LogP contribution in [0.25, 0.3) is 0 Å². The molecule has 0 spiro atoms. The number of hydrazone groups is 1. The van der Waals surface area contributed by atoms with E-state index < -0.39 is 0 Å². The molecule has 0 aromatic heterocycles. The van der Waals surface area contributed by atoms with Gasteiger partial charge in [-0.3, -0.25) is 5.21 Å². The first kappa shape index (κ1) is 5.17. The van der Waals surface area contributed by atoms with Crippen molar-refractivity contribution in [3.63, 3.8) is 0 Å². The van der Waals surface area contributed by atoms with E-state index in [0.29, 0.717) is 5.17 Å². The van der Waals surface area contributed by atoms with Crippen LogP contribution in [0.2, 0.25) is 0 Å². The fourth-order valence-electron chi connectivity index (χ4n) is 0.0577. The second-order valence-electron chi connectivity index (χ2n) is 0.644. The Kier molecular flexibility index (Phi) is 2.08. The molecule has 0 aromatic carbocycles. The number of nitrogens with zero attached hydrogens (tertiary/aromatic N) is 2. The maximum atomic E-state index is 8.15. The van der Waals surface area contributed by atoms with E-state index in [-0.39, 0.29) is 0 Å². The van der Waals surface area contributed by atoms with Crippen molar-refractivity contribution in [1.82, 2.24) is 5.17 Å². The number of hydrogen-bond acceptors (Lipinski definition) is 3. The molecule has 1 N–H and O–H groups in total. The predicted octanol–water partition coefficient (Wildman–Crippen LogP) is 0.437. The van der Waals surface area contributed by atoms with E-state index in [1.54, 1.807) is 0 Å². The average Bonchev–Trinajstić information content (AvgIpc) is 1.65. The molecular weight excluding hydrogens is 80.0 g/mol. The van der Waals surface area contributed by atoms with Crippen molar-refractivity contribution in [3.05, 3.63) is 12.8 Å². The SMILES string of the molecule is C=CN(O)N=C. The Morgan fingerprint density at radius 3 is 2.33 bits per heavy atom. The summed E-state index contributed by atoms with van der Waals surface area (Å²) in [7, 11) is 0. The molecule has 0 unspecified atom stereocenters. The van der Waals surface area contributed by atoms with Crippen LogP contribution in [0.3, 0.4) is 0 Å². The third-order valence-electron chi connectivity index (χ3n) is 0.308. The lowest BCUT2D eigenvalue weighted by molar-refractivity contribution is -0.0370. The predicted molar refractivity (Wildman–Crippen MR) is 23.4 cm³/mol. The lowest BCUT2D eigenvalue weighted by atomic mass is 11.1. The molecule has 0 atom stereocenters. The van der Waals surface area contributed by atoms with E-state index >= 15 is 0 Å². The van der Waals surface area contributed by atoms with Crippen LogP contribution in [-0.4, -0.2) is 17.1 Å². The molecule has 0 fully saturated rings. The van der Waals surface area contributed by atoms with Crippen molar-refractivity contribution < 1.29 is 5.21 Å². The first-order chi connectivity index (χ1) is 2.81. The van der Waals surface area contributed by atoms with Gasteiger partial charge in [0.05, 0.1) is 0 Å². The fraction of sp³-hybridized carbons (Fsp3) is 0. The van der Waals surface area contributed by atoms with Gasteiger partial charge in [-0.25, -0.2) is 0 Å². The molecule has 0 saturated carbocycles. The van der Waals surface area contributed by atoms with Crippen LogP contribution < -0.4 is 0 Å². The van der Waals surface area contributed by atoms with Crippen LogP contribution in [0.15, 0.2) is 17.9 Å². The minimum Gasteiger partial charge on any atom is -0.268 e. The summed E-state index contributed by atoms with van der Waals surface area (Å²) in [5, 5.41) is 11.7. The summed E-state index contributed by atoms with van der Waals surface area (Å²) in [6.45, 7) is 6.16. The lowest BCUT2D eigenvalue weighted by Crippen LogP contribution is -1.97. The molecule has 0 aliphatic heterocycles. The van der Waals surface area contributed by atoms with Crippen molar-refractivity contribution in [1.29, 1.82) is 0 Å². The third-order valence-corrected chi connectivity index (χ3v) is 0.308. The molecular formula is C3H6N2O. The van der Waals surface area contributed by atoms with E-state index in [1.165, 1.54) is 0 Å². The molecule has 3 nitrogen and oxygen atoms in total. The molecule has 34 valence electrons. The van der Waals surface area contributed by atoms with Gasteiger partial charge in [0.1, 0.15) is 0 Å². The highest BCUT2D eigenvalue weighted by Gasteiger charge is 1.71. The largest absolute Gasteiger partial charge is 0.268 e. The van der Waals surface area contributed by atoms with Gasteiger partial charge in [-0.15, -0.1) is 0 Å². The third kappa shape index (κ3) is 1.49. The highest BCUT2D eigenvalue weighted by Crippen LogP contribution is 1.74. The first-order valence-electron chi connectivity index (χ1n) is 1.38. The zero-order chi connectivity index (χ0) is 4.99. The molecule has 0 aliphatic rings. The van der Waals surface area contributed by atoms with E-state index in [9.17, 15) is 0 Å². The molecule has 0 aromatic rings. The van der Waals surface area contributed by atoms with Gasteiger partial charge in [0.15, 0.2) is 0 Å². The van der Waals surface area contributed by atoms with Gasteiger partial charge in [0, 0.05) is 12.9 Å². The monoisotopic (exact) mass is 86.0 g/mol. The molecule has 3 heteroatoms. The standard InChI is InChI=1S/C3H6N2O/c1-3-5(6)4-2/h3,6H,1-2H2. The van der Waals surface area contributed by atoms with E-state index in [0.717, 1.165) is 6.20 Å². The number of rotatable bonds is 2. The molecule has 0 aliphatic carbocycles. The molecule has 0 radical (unpaired) electrons. The Morgan fingerprint density at radius 2 is 2.33 bits per heavy atom. The second-order valence-corrected chi connectivity index (χ2v) is 0.644. The van der Waals surface area contributed by atoms with Crippen molar-refractivity contribution >= 4 is 6.72 Å². The van der Waals surface area contributed by atoms with Crippen molar-refractivity contribution in [2.45, 2.75) is 0 Å². The van der Waals surface area contributed by atoms with Crippen LogP contribution >= 0.6 is 0 Å². The van der Waals surface area contributed by atoms with Crippen molar-refractivity contribution in [3.8, 4) is 0 Å². The van der Waals surface area contributed by atoms with E-state index in [4.69, 9.17) is 5.21 Å². The Morgan fingerprint density at radius 1 is 1.83 bits per heavy atom. The van der Waals surface area contributed by atoms with Gasteiger partial charge < -0.3 is 0 Å². The highest BCUT2D eigenvalue weighted by atomic mass is 16.5. The van der Waals surface area contributed by atoms with Crippen LogP contribution in [-0.2, 0) is 0 Å². The minimum absolute atomic E-state index is 0.528. The van der Waals surface area contributed by atoms with Crippen LogP contribution in [0, 0.1) is 0 Å². The maximum absolute atomic E-state index is 8.15. The van der Waals surface area contributed by atoms with Crippen LogP contribution in [0.5, 0.6) is 0 Å². The summed E-state index contributed by atoms with van der Waals surface area (Å²) in [6, 6.07) is 0. The summed E-state index contributed by atoms with van der Waals surface area (Å²) in [5.41, 5.74) is 0. The molecule has 0 heterocycles. The highest BCUT2D eigenvalue weighted by molar-refractivity contribution is 5.22. The molecule has 0 amide bonds. The summed E-state index contributed by atoms with van der Waals surface area (Å²) < 4.78 is 0. The Hall–Kier alpha value is -0.830. The normalized spacial score (nSPS) is 6.83. The molecule has 0 rings (SSSR count). The molecule has 6 heavy (non-hydrogen) atoms. The Bertz CT molecular complexity index is 53.8. The van der Waals surface area contributed by atoms with Gasteiger partial charge in [0.2, 0.25) is 0 Å². The van der Waals surface area contributed by atoms with Gasteiger partial charge in [-0.05, 0) is 0 Å².